The zero-order valence-electron chi connectivity index (χ0n) is 15.9. The highest BCUT2D eigenvalue weighted by molar-refractivity contribution is 5.76. The van der Waals surface area contributed by atoms with Crippen LogP contribution in [-0.4, -0.2) is 28.0 Å². The first-order valence-corrected chi connectivity index (χ1v) is 9.40. The Morgan fingerprint density at radius 1 is 1.07 bits per heavy atom. The molecule has 0 atom stereocenters. The largest absolute Gasteiger partial charge is 0.496 e. The number of unbranched alkanes of at least 4 members (excludes halogenated alkanes) is 2. The first kappa shape index (κ1) is 19.5. The predicted octanol–water partition coefficient (Wildman–Crippen LogP) is 2.68. The van der Waals surface area contributed by atoms with Crippen LogP contribution in [0.2, 0.25) is 0 Å². The molecule has 1 heterocycles. The Labute approximate surface area is 163 Å². The Balaban J connectivity index is 1.39. The van der Waals surface area contributed by atoms with Crippen LogP contribution in [0, 0.1) is 0 Å². The van der Waals surface area contributed by atoms with Gasteiger partial charge in [0.15, 0.2) is 0 Å². The molecule has 0 aliphatic rings. The van der Waals surface area contributed by atoms with Crippen LogP contribution in [0.5, 0.6) is 5.75 Å². The second-order valence-corrected chi connectivity index (χ2v) is 6.53. The van der Waals surface area contributed by atoms with Crippen LogP contribution in [0.25, 0.3) is 10.9 Å². The summed E-state index contributed by atoms with van der Waals surface area (Å²) in [5.41, 5.74) is 1.43. The van der Waals surface area contributed by atoms with Crippen molar-refractivity contribution >= 4 is 16.8 Å². The second-order valence-electron chi connectivity index (χ2n) is 6.53. The van der Waals surface area contributed by atoms with E-state index < -0.39 is 0 Å². The monoisotopic (exact) mass is 380 g/mol. The number of amides is 1. The molecule has 2 aromatic carbocycles. The molecule has 0 saturated carbocycles. The van der Waals surface area contributed by atoms with Crippen LogP contribution in [0.3, 0.4) is 0 Å². The zero-order chi connectivity index (χ0) is 19.8. The van der Waals surface area contributed by atoms with E-state index in [1.54, 1.807) is 19.2 Å². The highest BCUT2D eigenvalue weighted by Crippen LogP contribution is 2.16. The van der Waals surface area contributed by atoms with Gasteiger partial charge in [0.05, 0.1) is 12.5 Å². The Kier molecular flexibility index (Phi) is 6.73. The van der Waals surface area contributed by atoms with Crippen molar-refractivity contribution in [3.8, 4) is 5.75 Å². The van der Waals surface area contributed by atoms with E-state index >= 15 is 0 Å². The Morgan fingerprint density at radius 2 is 1.86 bits per heavy atom. The summed E-state index contributed by atoms with van der Waals surface area (Å²) < 4.78 is 6.67. The first-order valence-electron chi connectivity index (χ1n) is 9.40. The minimum Gasteiger partial charge on any atom is -0.496 e. The third-order valence-electron chi connectivity index (χ3n) is 4.57. The number of nitrogens with one attached hydrogen (secondary N) is 1. The third kappa shape index (κ3) is 4.94. The number of hydrogen-bond acceptors (Lipinski definition) is 5. The molecule has 0 fully saturated rings. The lowest BCUT2D eigenvalue weighted by atomic mass is 10.1. The number of nitrogens with zero attached hydrogens (tertiary/aromatic N) is 3. The molecule has 7 nitrogen and oxygen atoms in total. The molecule has 1 aromatic heterocycles. The van der Waals surface area contributed by atoms with Gasteiger partial charge in [-0.05, 0) is 31.0 Å². The molecule has 0 saturated heterocycles. The fourth-order valence-corrected chi connectivity index (χ4v) is 3.02. The van der Waals surface area contributed by atoms with Crippen molar-refractivity contribution in [1.82, 2.24) is 20.3 Å². The molecule has 7 heteroatoms. The van der Waals surface area contributed by atoms with Crippen LogP contribution in [-0.2, 0) is 17.9 Å². The lowest BCUT2D eigenvalue weighted by Gasteiger charge is -2.09. The Hall–Kier alpha value is -3.22. The van der Waals surface area contributed by atoms with Crippen LogP contribution in [0.15, 0.2) is 53.3 Å². The summed E-state index contributed by atoms with van der Waals surface area (Å²) in [6.45, 7) is 0.949. The number of fused-ring (bicyclic) bond motifs is 1. The molecule has 0 spiro atoms. The third-order valence-corrected chi connectivity index (χ3v) is 4.57. The number of carbonyl (C=O) groups excluding carboxylic acids is 1. The Bertz CT molecular complexity index is 1000. The van der Waals surface area contributed by atoms with Crippen molar-refractivity contribution in [3.63, 3.8) is 0 Å². The standard InChI is InChI=1S/C21H24N4O3/c1-28-19-12-7-4-9-16(19)15-22-20(26)13-3-2-8-14-25-21(27)17-10-5-6-11-18(17)23-24-25/h4-7,9-12H,2-3,8,13-15H2,1H3,(H,22,26). The molecule has 0 bridgehead atoms. The van der Waals surface area contributed by atoms with E-state index in [4.69, 9.17) is 4.74 Å². The van der Waals surface area contributed by atoms with Crippen LogP contribution in [0.1, 0.15) is 31.2 Å². The van der Waals surface area contributed by atoms with Gasteiger partial charge in [-0.3, -0.25) is 9.59 Å². The number of carbonyl (C=O) groups is 1. The number of rotatable bonds is 9. The SMILES string of the molecule is COc1ccccc1CNC(=O)CCCCCn1nnc2ccccc2c1=O. The summed E-state index contributed by atoms with van der Waals surface area (Å²) in [5, 5.41) is 11.5. The molecule has 1 amide bonds. The van der Waals surface area contributed by atoms with E-state index in [0.29, 0.717) is 30.4 Å². The van der Waals surface area contributed by atoms with Gasteiger partial charge in [-0.1, -0.05) is 42.0 Å². The molecule has 0 unspecified atom stereocenters. The molecule has 3 aromatic rings. The van der Waals surface area contributed by atoms with Gasteiger partial charge in [0, 0.05) is 25.1 Å². The van der Waals surface area contributed by atoms with Gasteiger partial charge >= 0.3 is 0 Å². The second kappa shape index (κ2) is 9.64. The van der Waals surface area contributed by atoms with Gasteiger partial charge in [0.2, 0.25) is 5.91 Å². The molecule has 0 aliphatic carbocycles. The minimum atomic E-state index is -0.125. The van der Waals surface area contributed by atoms with E-state index in [1.807, 2.05) is 36.4 Å². The highest BCUT2D eigenvalue weighted by Gasteiger charge is 2.06. The molecular formula is C21H24N4O3. The normalized spacial score (nSPS) is 10.8. The molecule has 28 heavy (non-hydrogen) atoms. The maximum absolute atomic E-state index is 12.4. The number of aromatic nitrogens is 3. The summed E-state index contributed by atoms with van der Waals surface area (Å²) in [5.74, 6) is 0.776. The zero-order valence-corrected chi connectivity index (χ0v) is 15.9. The van der Waals surface area contributed by atoms with Crippen LogP contribution >= 0.6 is 0 Å². The average molecular weight is 380 g/mol. The fraction of sp³-hybridized carbons (Fsp3) is 0.333. The highest BCUT2D eigenvalue weighted by atomic mass is 16.5. The molecule has 1 N–H and O–H groups in total. The number of hydrogen-bond donors (Lipinski definition) is 1. The van der Waals surface area contributed by atoms with E-state index in [9.17, 15) is 9.59 Å². The maximum Gasteiger partial charge on any atom is 0.277 e. The van der Waals surface area contributed by atoms with Gasteiger partial charge in [-0.2, -0.15) is 0 Å². The number of methoxy groups -OCH3 is 1. The average Bonchev–Trinajstić information content (AvgIpc) is 2.74. The Morgan fingerprint density at radius 3 is 2.71 bits per heavy atom. The van der Waals surface area contributed by atoms with Gasteiger partial charge in [0.25, 0.3) is 5.56 Å². The number of benzene rings is 2. The van der Waals surface area contributed by atoms with Crippen molar-refractivity contribution in [2.45, 2.75) is 38.8 Å². The minimum absolute atomic E-state index is 0.00794. The van der Waals surface area contributed by atoms with Gasteiger partial charge in [-0.25, -0.2) is 4.68 Å². The van der Waals surface area contributed by atoms with Crippen molar-refractivity contribution in [1.29, 1.82) is 0 Å². The summed E-state index contributed by atoms with van der Waals surface area (Å²) in [7, 11) is 1.62. The number of para-hydroxylation sites is 1. The topological polar surface area (TPSA) is 86.1 Å². The summed E-state index contributed by atoms with van der Waals surface area (Å²) >= 11 is 0. The van der Waals surface area contributed by atoms with Crippen molar-refractivity contribution in [2.24, 2.45) is 0 Å². The van der Waals surface area contributed by atoms with Gasteiger partial charge in [0.1, 0.15) is 11.3 Å². The van der Waals surface area contributed by atoms with E-state index in [2.05, 4.69) is 15.6 Å². The summed E-state index contributed by atoms with van der Waals surface area (Å²) in [6.07, 6.45) is 2.82. The number of aryl methyl sites for hydroxylation is 1. The lowest BCUT2D eigenvalue weighted by molar-refractivity contribution is -0.121. The molecule has 3 rings (SSSR count). The summed E-state index contributed by atoms with van der Waals surface area (Å²) in [4.78, 5) is 24.4. The quantitative estimate of drug-likeness (QED) is 0.577. The first-order chi connectivity index (χ1) is 13.7. The van der Waals surface area contributed by atoms with E-state index in [-0.39, 0.29) is 11.5 Å². The summed E-state index contributed by atoms with van der Waals surface area (Å²) in [6, 6.07) is 14.8. The predicted molar refractivity (Wildman–Crippen MR) is 107 cm³/mol. The van der Waals surface area contributed by atoms with Gasteiger partial charge in [-0.15, -0.1) is 5.10 Å². The maximum atomic E-state index is 12.4. The van der Waals surface area contributed by atoms with E-state index in [0.717, 1.165) is 30.6 Å². The van der Waals surface area contributed by atoms with Crippen molar-refractivity contribution in [2.75, 3.05) is 7.11 Å². The number of ether oxygens (including phenoxy) is 1. The van der Waals surface area contributed by atoms with Gasteiger partial charge < -0.3 is 10.1 Å². The van der Waals surface area contributed by atoms with Crippen molar-refractivity contribution < 1.29 is 9.53 Å². The van der Waals surface area contributed by atoms with Crippen LogP contribution in [0.4, 0.5) is 0 Å². The molecule has 0 radical (unpaired) electrons. The van der Waals surface area contributed by atoms with Crippen LogP contribution < -0.4 is 15.6 Å². The fourth-order valence-electron chi connectivity index (χ4n) is 3.02. The smallest absolute Gasteiger partial charge is 0.277 e. The molecular weight excluding hydrogens is 356 g/mol. The molecule has 146 valence electrons. The molecule has 0 aliphatic heterocycles. The van der Waals surface area contributed by atoms with Crippen molar-refractivity contribution in [3.05, 3.63) is 64.4 Å². The lowest BCUT2D eigenvalue weighted by Crippen LogP contribution is -2.24. The van der Waals surface area contributed by atoms with E-state index in [1.165, 1.54) is 4.68 Å².